The van der Waals surface area contributed by atoms with Crippen LogP contribution in [0.1, 0.15) is 68.4 Å². The largest absolute Gasteiger partial charge is 0.497 e. The molecule has 0 bridgehead atoms. The predicted molar refractivity (Wildman–Crippen MR) is 127 cm³/mol. The Hall–Kier alpha value is -1.88. The SMILES string of the molecule is COc1ccc2c(c1)CCN(C(C)C)C2C(OCCC1CCCCN1)c1ccccc1. The smallest absolute Gasteiger partial charge is 0.119 e. The number of hydrogen-bond donors (Lipinski definition) is 1. The van der Waals surface area contributed by atoms with E-state index in [0.717, 1.165) is 38.3 Å². The summed E-state index contributed by atoms with van der Waals surface area (Å²) in [6.07, 6.45) is 6.04. The van der Waals surface area contributed by atoms with Gasteiger partial charge in [0.15, 0.2) is 0 Å². The monoisotopic (exact) mass is 422 g/mol. The Bertz CT molecular complexity index is 817. The fourth-order valence-electron chi connectivity index (χ4n) is 5.22. The minimum Gasteiger partial charge on any atom is -0.497 e. The first-order valence-electron chi connectivity index (χ1n) is 12.0. The molecule has 2 aromatic rings. The summed E-state index contributed by atoms with van der Waals surface area (Å²) in [4.78, 5) is 2.62. The van der Waals surface area contributed by atoms with Crippen molar-refractivity contribution in [3.8, 4) is 5.75 Å². The standard InChI is InChI=1S/C27H38N2O2/c1-20(2)29-17-14-22-19-24(30-3)12-13-25(22)26(29)27(21-9-5-4-6-10-21)31-18-15-23-11-7-8-16-28-23/h4-6,9-10,12-13,19-20,23,26-28H,7-8,11,14-18H2,1-3H3. The molecule has 2 aromatic carbocycles. The molecule has 0 radical (unpaired) electrons. The number of nitrogens with one attached hydrogen (secondary N) is 1. The third-order valence-corrected chi connectivity index (χ3v) is 6.92. The van der Waals surface area contributed by atoms with Crippen LogP contribution in [0.2, 0.25) is 0 Å². The molecule has 0 aromatic heterocycles. The van der Waals surface area contributed by atoms with E-state index in [-0.39, 0.29) is 12.1 Å². The van der Waals surface area contributed by atoms with E-state index in [9.17, 15) is 0 Å². The summed E-state index contributed by atoms with van der Waals surface area (Å²) in [5.41, 5.74) is 4.03. The molecule has 3 unspecified atom stereocenters. The second-order valence-corrected chi connectivity index (χ2v) is 9.23. The van der Waals surface area contributed by atoms with Crippen molar-refractivity contribution in [2.24, 2.45) is 0 Å². The van der Waals surface area contributed by atoms with Crippen LogP contribution in [0.5, 0.6) is 5.75 Å². The number of ether oxygens (including phenoxy) is 2. The summed E-state index contributed by atoms with van der Waals surface area (Å²) in [5, 5.41) is 3.66. The molecule has 1 fully saturated rings. The Labute approximate surface area is 187 Å². The van der Waals surface area contributed by atoms with Gasteiger partial charge < -0.3 is 14.8 Å². The van der Waals surface area contributed by atoms with Crippen LogP contribution >= 0.6 is 0 Å². The molecule has 0 amide bonds. The molecule has 1 saturated heterocycles. The molecule has 4 rings (SSSR count). The van der Waals surface area contributed by atoms with Crippen molar-refractivity contribution in [2.45, 2.75) is 70.2 Å². The highest BCUT2D eigenvalue weighted by atomic mass is 16.5. The van der Waals surface area contributed by atoms with Crippen LogP contribution in [-0.2, 0) is 11.2 Å². The van der Waals surface area contributed by atoms with Crippen molar-refractivity contribution in [1.82, 2.24) is 10.2 Å². The number of fused-ring (bicyclic) bond motifs is 1. The van der Waals surface area contributed by atoms with Crippen LogP contribution in [0, 0.1) is 0 Å². The normalized spacial score (nSPS) is 22.8. The number of nitrogens with zero attached hydrogens (tertiary/aromatic N) is 1. The van der Waals surface area contributed by atoms with Gasteiger partial charge in [0.05, 0.1) is 13.2 Å². The number of methoxy groups -OCH3 is 1. The third kappa shape index (κ3) is 5.31. The molecule has 2 aliphatic heterocycles. The van der Waals surface area contributed by atoms with Gasteiger partial charge in [-0.2, -0.15) is 0 Å². The van der Waals surface area contributed by atoms with Crippen LogP contribution in [-0.4, -0.2) is 43.8 Å². The van der Waals surface area contributed by atoms with Gasteiger partial charge in [0.2, 0.25) is 0 Å². The van der Waals surface area contributed by atoms with Gasteiger partial charge in [0, 0.05) is 25.2 Å². The Morgan fingerprint density at radius 2 is 1.94 bits per heavy atom. The zero-order valence-electron chi connectivity index (χ0n) is 19.3. The van der Waals surface area contributed by atoms with Crippen molar-refractivity contribution in [3.63, 3.8) is 0 Å². The minimum absolute atomic E-state index is 0.0136. The second-order valence-electron chi connectivity index (χ2n) is 9.23. The van der Waals surface area contributed by atoms with E-state index in [1.807, 2.05) is 0 Å². The van der Waals surface area contributed by atoms with Gasteiger partial charge in [-0.25, -0.2) is 0 Å². The lowest BCUT2D eigenvalue weighted by Crippen LogP contribution is -2.43. The lowest BCUT2D eigenvalue weighted by Gasteiger charge is -2.44. The average molecular weight is 423 g/mol. The summed E-state index contributed by atoms with van der Waals surface area (Å²) in [5.74, 6) is 0.941. The molecule has 3 atom stereocenters. The zero-order chi connectivity index (χ0) is 21.6. The first-order chi connectivity index (χ1) is 15.2. The Kier molecular flexibility index (Phi) is 7.65. The van der Waals surface area contributed by atoms with Crippen molar-refractivity contribution >= 4 is 0 Å². The summed E-state index contributed by atoms with van der Waals surface area (Å²) in [7, 11) is 1.75. The van der Waals surface area contributed by atoms with Crippen molar-refractivity contribution in [1.29, 1.82) is 0 Å². The molecule has 0 spiro atoms. The van der Waals surface area contributed by atoms with Crippen LogP contribution < -0.4 is 10.1 Å². The molecular formula is C27H38N2O2. The van der Waals surface area contributed by atoms with E-state index in [2.05, 4.69) is 72.6 Å². The highest BCUT2D eigenvalue weighted by Crippen LogP contribution is 2.43. The van der Waals surface area contributed by atoms with Crippen LogP contribution in [0.15, 0.2) is 48.5 Å². The Morgan fingerprint density at radius 3 is 2.65 bits per heavy atom. The Balaban J connectivity index is 1.63. The summed E-state index contributed by atoms with van der Waals surface area (Å²) < 4.78 is 12.3. The van der Waals surface area contributed by atoms with Gasteiger partial charge in [-0.1, -0.05) is 42.8 Å². The number of benzene rings is 2. The summed E-state index contributed by atoms with van der Waals surface area (Å²) in [6.45, 7) is 7.57. The van der Waals surface area contributed by atoms with Gasteiger partial charge in [-0.15, -0.1) is 0 Å². The van der Waals surface area contributed by atoms with Crippen LogP contribution in [0.25, 0.3) is 0 Å². The maximum atomic E-state index is 6.75. The number of rotatable bonds is 8. The van der Waals surface area contributed by atoms with Crippen LogP contribution in [0.4, 0.5) is 0 Å². The van der Waals surface area contributed by atoms with Crippen LogP contribution in [0.3, 0.4) is 0 Å². The fourth-order valence-corrected chi connectivity index (χ4v) is 5.22. The van der Waals surface area contributed by atoms with Gasteiger partial charge in [-0.05, 0) is 74.9 Å². The minimum atomic E-state index is 0.0136. The van der Waals surface area contributed by atoms with E-state index in [1.54, 1.807) is 7.11 Å². The Morgan fingerprint density at radius 1 is 1.10 bits per heavy atom. The molecule has 4 heteroatoms. The second kappa shape index (κ2) is 10.6. The van der Waals surface area contributed by atoms with Gasteiger partial charge >= 0.3 is 0 Å². The molecule has 0 saturated carbocycles. The topological polar surface area (TPSA) is 33.7 Å². The number of piperidine rings is 1. The molecule has 4 nitrogen and oxygen atoms in total. The van der Waals surface area contributed by atoms with Gasteiger partial charge in [0.25, 0.3) is 0 Å². The van der Waals surface area contributed by atoms with E-state index in [4.69, 9.17) is 9.47 Å². The van der Waals surface area contributed by atoms with E-state index in [1.165, 1.54) is 36.0 Å². The van der Waals surface area contributed by atoms with Gasteiger partial charge in [0.1, 0.15) is 11.9 Å². The predicted octanol–water partition coefficient (Wildman–Crippen LogP) is 5.29. The fraction of sp³-hybridized carbons (Fsp3) is 0.556. The summed E-state index contributed by atoms with van der Waals surface area (Å²) >= 11 is 0. The lowest BCUT2D eigenvalue weighted by atomic mass is 9.85. The highest BCUT2D eigenvalue weighted by molar-refractivity contribution is 5.41. The van der Waals surface area contributed by atoms with Crippen molar-refractivity contribution in [3.05, 3.63) is 65.2 Å². The van der Waals surface area contributed by atoms with E-state index in [0.29, 0.717) is 12.1 Å². The van der Waals surface area contributed by atoms with E-state index < -0.39 is 0 Å². The molecule has 2 heterocycles. The average Bonchev–Trinajstić information content (AvgIpc) is 2.82. The van der Waals surface area contributed by atoms with Gasteiger partial charge in [-0.3, -0.25) is 4.90 Å². The molecular weight excluding hydrogens is 384 g/mol. The summed E-state index contributed by atoms with van der Waals surface area (Å²) in [6, 6.07) is 18.6. The number of hydrogen-bond acceptors (Lipinski definition) is 4. The molecule has 2 aliphatic rings. The molecule has 31 heavy (non-hydrogen) atoms. The third-order valence-electron chi connectivity index (χ3n) is 6.92. The first kappa shape index (κ1) is 22.3. The quantitative estimate of drug-likeness (QED) is 0.626. The maximum absolute atomic E-state index is 6.75. The first-order valence-corrected chi connectivity index (χ1v) is 12.0. The molecule has 0 aliphatic carbocycles. The lowest BCUT2D eigenvalue weighted by molar-refractivity contribution is -0.0354. The molecule has 1 N–H and O–H groups in total. The maximum Gasteiger partial charge on any atom is 0.119 e. The zero-order valence-corrected chi connectivity index (χ0v) is 19.3. The highest BCUT2D eigenvalue weighted by Gasteiger charge is 2.36. The van der Waals surface area contributed by atoms with Crippen molar-refractivity contribution < 1.29 is 9.47 Å². The molecule has 168 valence electrons. The van der Waals surface area contributed by atoms with E-state index >= 15 is 0 Å². The van der Waals surface area contributed by atoms with Crippen molar-refractivity contribution in [2.75, 3.05) is 26.8 Å².